The van der Waals surface area contributed by atoms with Crippen molar-refractivity contribution in [1.29, 1.82) is 0 Å². The smallest absolute Gasteiger partial charge is 0.280 e. The van der Waals surface area contributed by atoms with Gasteiger partial charge in [0.05, 0.1) is 21.9 Å². The number of nitrogens with two attached hydrogens (primary N) is 1. The van der Waals surface area contributed by atoms with Crippen LogP contribution < -0.4 is 10.1 Å². The fourth-order valence-electron chi connectivity index (χ4n) is 2.98. The number of nitrogens with zero attached hydrogens (tertiary/aromatic N) is 2. The van der Waals surface area contributed by atoms with Crippen molar-refractivity contribution in [2.24, 2.45) is 10.2 Å². The summed E-state index contributed by atoms with van der Waals surface area (Å²) in [6, 6.07) is 16.8. The number of halogens is 1. The van der Waals surface area contributed by atoms with Gasteiger partial charge in [0.15, 0.2) is 0 Å². The van der Waals surface area contributed by atoms with Crippen molar-refractivity contribution in [2.75, 3.05) is 5.01 Å². The first kappa shape index (κ1) is 20.3. The Labute approximate surface area is 181 Å². The van der Waals surface area contributed by atoms with Crippen LogP contribution in [-0.2, 0) is 14.8 Å². The second kappa shape index (κ2) is 7.67. The molecule has 1 aliphatic heterocycles. The molecule has 2 aromatic carbocycles. The number of hydrogen-bond acceptors (Lipinski definition) is 5. The quantitative estimate of drug-likeness (QED) is 0.559. The van der Waals surface area contributed by atoms with Gasteiger partial charge in [0.1, 0.15) is 11.5 Å². The number of sulfonamides is 1. The van der Waals surface area contributed by atoms with E-state index >= 15 is 0 Å². The van der Waals surface area contributed by atoms with Crippen LogP contribution in [0.15, 0.2) is 85.1 Å². The Morgan fingerprint density at radius 3 is 2.33 bits per heavy atom. The number of furan rings is 1. The van der Waals surface area contributed by atoms with Crippen LogP contribution in [0.2, 0.25) is 0 Å². The summed E-state index contributed by atoms with van der Waals surface area (Å²) in [7, 11) is -3.75. The second-order valence-corrected chi connectivity index (χ2v) is 9.09. The maximum absolute atomic E-state index is 12.8. The Hall–Kier alpha value is -3.01. The molecule has 4 rings (SSSR count). The number of rotatable bonds is 4. The SMILES string of the molecule is CC1=NN(c2ccc(Br)cc2)C(=O)/C1=C/c1ccc(-c2ccc(S(N)(=O)=O)cc2)o1. The van der Waals surface area contributed by atoms with Crippen LogP contribution in [0.3, 0.4) is 0 Å². The molecule has 1 aliphatic rings. The van der Waals surface area contributed by atoms with Crippen molar-refractivity contribution in [3.8, 4) is 11.3 Å². The van der Waals surface area contributed by atoms with Gasteiger partial charge in [-0.15, -0.1) is 0 Å². The number of carbonyl (C=O) groups is 1. The first-order chi connectivity index (χ1) is 14.2. The lowest BCUT2D eigenvalue weighted by Gasteiger charge is -2.11. The molecule has 2 heterocycles. The molecule has 0 radical (unpaired) electrons. The van der Waals surface area contributed by atoms with E-state index in [4.69, 9.17) is 9.56 Å². The number of primary sulfonamides is 1. The molecule has 0 unspecified atom stereocenters. The van der Waals surface area contributed by atoms with Crippen LogP contribution in [0.1, 0.15) is 12.7 Å². The third-order valence-electron chi connectivity index (χ3n) is 4.51. The van der Waals surface area contributed by atoms with E-state index in [1.807, 2.05) is 12.1 Å². The van der Waals surface area contributed by atoms with Crippen LogP contribution in [0.5, 0.6) is 0 Å². The molecular formula is C21H16BrN3O4S. The topological polar surface area (TPSA) is 106 Å². The van der Waals surface area contributed by atoms with Gasteiger partial charge in [-0.3, -0.25) is 4.79 Å². The van der Waals surface area contributed by atoms with Gasteiger partial charge in [0, 0.05) is 10.0 Å². The van der Waals surface area contributed by atoms with Gasteiger partial charge in [-0.1, -0.05) is 15.9 Å². The first-order valence-electron chi connectivity index (χ1n) is 8.83. The molecule has 7 nitrogen and oxygen atoms in total. The summed E-state index contributed by atoms with van der Waals surface area (Å²) in [5.41, 5.74) is 2.37. The molecule has 1 aromatic heterocycles. The lowest BCUT2D eigenvalue weighted by molar-refractivity contribution is -0.114. The zero-order valence-corrected chi connectivity index (χ0v) is 18.1. The third kappa shape index (κ3) is 4.00. The maximum atomic E-state index is 12.8. The molecule has 0 aliphatic carbocycles. The average molecular weight is 486 g/mol. The number of benzene rings is 2. The summed E-state index contributed by atoms with van der Waals surface area (Å²) in [4.78, 5) is 12.9. The fraction of sp³-hybridized carbons (Fsp3) is 0.0476. The second-order valence-electron chi connectivity index (χ2n) is 6.61. The standard InChI is InChI=1S/C21H16BrN3O4S/c1-13-19(21(26)25(24-13)16-6-4-15(22)5-7-16)12-17-8-11-20(29-17)14-2-9-18(10-3-14)30(23,27)28/h2-12H,1H3,(H2,23,27,28)/b19-12+. The monoisotopic (exact) mass is 485 g/mol. The van der Waals surface area contributed by atoms with E-state index < -0.39 is 10.0 Å². The van der Waals surface area contributed by atoms with Crippen LogP contribution in [-0.4, -0.2) is 20.0 Å². The highest BCUT2D eigenvalue weighted by Gasteiger charge is 2.29. The van der Waals surface area contributed by atoms with Crippen molar-refractivity contribution in [3.05, 3.63) is 76.5 Å². The van der Waals surface area contributed by atoms with Crippen molar-refractivity contribution in [3.63, 3.8) is 0 Å². The first-order valence-corrected chi connectivity index (χ1v) is 11.2. The normalized spacial score (nSPS) is 15.7. The van der Waals surface area contributed by atoms with Crippen molar-refractivity contribution < 1.29 is 17.6 Å². The van der Waals surface area contributed by atoms with Gasteiger partial charge < -0.3 is 4.42 Å². The maximum Gasteiger partial charge on any atom is 0.280 e. The molecule has 152 valence electrons. The van der Waals surface area contributed by atoms with Crippen LogP contribution >= 0.6 is 15.9 Å². The van der Waals surface area contributed by atoms with E-state index in [-0.39, 0.29) is 10.8 Å². The van der Waals surface area contributed by atoms with E-state index in [1.165, 1.54) is 17.1 Å². The third-order valence-corrected chi connectivity index (χ3v) is 5.97. The van der Waals surface area contributed by atoms with E-state index in [2.05, 4.69) is 21.0 Å². The molecule has 0 saturated heterocycles. The molecule has 0 bridgehead atoms. The van der Waals surface area contributed by atoms with E-state index in [9.17, 15) is 13.2 Å². The molecule has 9 heteroatoms. The van der Waals surface area contributed by atoms with Gasteiger partial charge in [-0.25, -0.2) is 13.6 Å². The summed E-state index contributed by atoms with van der Waals surface area (Å²) in [6.07, 6.45) is 1.64. The summed E-state index contributed by atoms with van der Waals surface area (Å²) in [5, 5.41) is 10.8. The number of amides is 1. The zero-order valence-electron chi connectivity index (χ0n) is 15.7. The van der Waals surface area contributed by atoms with Crippen molar-refractivity contribution >= 4 is 49.3 Å². The zero-order chi connectivity index (χ0) is 21.5. The highest BCUT2D eigenvalue weighted by atomic mass is 79.9. The summed E-state index contributed by atoms with van der Waals surface area (Å²) < 4.78 is 29.5. The van der Waals surface area contributed by atoms with Crippen LogP contribution in [0.25, 0.3) is 17.4 Å². The van der Waals surface area contributed by atoms with Gasteiger partial charge >= 0.3 is 0 Å². The Morgan fingerprint density at radius 2 is 1.70 bits per heavy atom. The predicted molar refractivity (Wildman–Crippen MR) is 118 cm³/mol. The van der Waals surface area contributed by atoms with Gasteiger partial charge in [-0.2, -0.15) is 10.1 Å². The van der Waals surface area contributed by atoms with Gasteiger partial charge in [0.2, 0.25) is 10.0 Å². The Morgan fingerprint density at radius 1 is 1.03 bits per heavy atom. The largest absolute Gasteiger partial charge is 0.457 e. The van der Waals surface area contributed by atoms with Gasteiger partial charge in [-0.05, 0) is 73.7 Å². The van der Waals surface area contributed by atoms with Gasteiger partial charge in [0.25, 0.3) is 5.91 Å². The molecule has 0 atom stereocenters. The molecule has 0 saturated carbocycles. The Balaban J connectivity index is 1.59. The Kier molecular flexibility index (Phi) is 5.19. The lowest BCUT2D eigenvalue weighted by Crippen LogP contribution is -2.21. The van der Waals surface area contributed by atoms with E-state index in [0.29, 0.717) is 34.1 Å². The molecular weight excluding hydrogens is 470 g/mol. The average Bonchev–Trinajstić information content (AvgIpc) is 3.28. The van der Waals surface area contributed by atoms with Crippen LogP contribution in [0.4, 0.5) is 5.69 Å². The number of carbonyl (C=O) groups excluding carboxylic acids is 1. The minimum absolute atomic E-state index is 0.0246. The predicted octanol–water partition coefficient (Wildman–Crippen LogP) is 4.16. The molecule has 2 N–H and O–H groups in total. The minimum Gasteiger partial charge on any atom is -0.457 e. The Bertz CT molecular complexity index is 1290. The highest BCUT2D eigenvalue weighted by molar-refractivity contribution is 9.10. The van der Waals surface area contributed by atoms with E-state index in [0.717, 1.165) is 4.47 Å². The number of hydrogen-bond donors (Lipinski definition) is 1. The molecule has 0 spiro atoms. The van der Waals surface area contributed by atoms with Crippen LogP contribution in [0, 0.1) is 0 Å². The molecule has 30 heavy (non-hydrogen) atoms. The highest BCUT2D eigenvalue weighted by Crippen LogP contribution is 2.28. The molecule has 3 aromatic rings. The molecule has 0 fully saturated rings. The van der Waals surface area contributed by atoms with Crippen molar-refractivity contribution in [2.45, 2.75) is 11.8 Å². The summed E-state index contributed by atoms with van der Waals surface area (Å²) in [6.45, 7) is 1.76. The summed E-state index contributed by atoms with van der Waals surface area (Å²) >= 11 is 3.37. The number of hydrazone groups is 1. The molecule has 1 amide bonds. The summed E-state index contributed by atoms with van der Waals surface area (Å²) in [5.74, 6) is 0.772. The van der Waals surface area contributed by atoms with Crippen molar-refractivity contribution in [1.82, 2.24) is 0 Å². The lowest BCUT2D eigenvalue weighted by atomic mass is 10.1. The minimum atomic E-state index is -3.75. The van der Waals surface area contributed by atoms with E-state index in [1.54, 1.807) is 49.4 Å². The fourth-order valence-corrected chi connectivity index (χ4v) is 3.76. The number of anilines is 1.